The third-order valence-electron chi connectivity index (χ3n) is 2.03. The summed E-state index contributed by atoms with van der Waals surface area (Å²) in [6, 6.07) is 4.83. The molecule has 0 fully saturated rings. The van der Waals surface area contributed by atoms with E-state index in [0.29, 0.717) is 13.2 Å². The summed E-state index contributed by atoms with van der Waals surface area (Å²) in [6.07, 6.45) is 0. The first-order chi connectivity index (χ1) is 7.27. The van der Waals surface area contributed by atoms with Crippen molar-refractivity contribution in [3.63, 3.8) is 0 Å². The van der Waals surface area contributed by atoms with Crippen LogP contribution >= 0.6 is 0 Å². The zero-order chi connectivity index (χ0) is 11.1. The molecule has 4 heteroatoms. The molecule has 1 aromatic rings. The molecule has 0 aliphatic carbocycles. The van der Waals surface area contributed by atoms with Crippen molar-refractivity contribution in [2.75, 3.05) is 27.4 Å². The number of nitrogens with one attached hydrogen (secondary N) is 1. The van der Waals surface area contributed by atoms with Crippen molar-refractivity contribution in [3.8, 4) is 5.75 Å². The maximum atomic E-state index is 13.0. The van der Waals surface area contributed by atoms with Crippen LogP contribution in [0, 0.1) is 5.82 Å². The Morgan fingerprint density at radius 2 is 2.13 bits per heavy atom. The van der Waals surface area contributed by atoms with Crippen LogP contribution in [-0.4, -0.2) is 27.4 Å². The topological polar surface area (TPSA) is 30.5 Å². The van der Waals surface area contributed by atoms with Crippen LogP contribution in [0.4, 0.5) is 4.39 Å². The van der Waals surface area contributed by atoms with Gasteiger partial charge in [-0.1, -0.05) is 6.07 Å². The smallest absolute Gasteiger partial charge is 0.165 e. The first kappa shape index (κ1) is 11.9. The van der Waals surface area contributed by atoms with Gasteiger partial charge >= 0.3 is 0 Å². The number of rotatable bonds is 6. The van der Waals surface area contributed by atoms with Gasteiger partial charge in [-0.25, -0.2) is 4.39 Å². The minimum absolute atomic E-state index is 0.279. The van der Waals surface area contributed by atoms with Crippen molar-refractivity contribution >= 4 is 0 Å². The molecular formula is C11H16FNO2. The fourth-order valence-corrected chi connectivity index (χ4v) is 1.22. The molecule has 1 rings (SSSR count). The Kier molecular flexibility index (Phi) is 5.07. The molecule has 0 amide bonds. The van der Waals surface area contributed by atoms with E-state index in [0.717, 1.165) is 12.1 Å². The van der Waals surface area contributed by atoms with Crippen LogP contribution in [0.25, 0.3) is 0 Å². The quantitative estimate of drug-likeness (QED) is 0.728. The van der Waals surface area contributed by atoms with E-state index in [1.807, 2.05) is 0 Å². The molecule has 15 heavy (non-hydrogen) atoms. The SMILES string of the molecule is COCCNCc1ccc(F)c(OC)c1. The molecule has 84 valence electrons. The van der Waals surface area contributed by atoms with Crippen molar-refractivity contribution in [3.05, 3.63) is 29.6 Å². The van der Waals surface area contributed by atoms with E-state index >= 15 is 0 Å². The highest BCUT2D eigenvalue weighted by molar-refractivity contribution is 5.30. The Morgan fingerprint density at radius 3 is 2.80 bits per heavy atom. The summed E-state index contributed by atoms with van der Waals surface area (Å²) in [5.74, 6) is -0.0563. The van der Waals surface area contributed by atoms with Gasteiger partial charge in [-0.3, -0.25) is 0 Å². The zero-order valence-electron chi connectivity index (χ0n) is 9.05. The van der Waals surface area contributed by atoms with E-state index in [4.69, 9.17) is 9.47 Å². The Hall–Kier alpha value is -1.13. The first-order valence-electron chi connectivity index (χ1n) is 4.80. The number of halogens is 1. The molecule has 0 heterocycles. The fourth-order valence-electron chi connectivity index (χ4n) is 1.22. The molecule has 0 unspecified atom stereocenters. The number of hydrogen-bond donors (Lipinski definition) is 1. The summed E-state index contributed by atoms with van der Waals surface area (Å²) >= 11 is 0. The lowest BCUT2D eigenvalue weighted by atomic mass is 10.2. The van der Waals surface area contributed by atoms with Gasteiger partial charge in [0.1, 0.15) is 0 Å². The number of benzene rings is 1. The van der Waals surface area contributed by atoms with Gasteiger partial charge in [-0.15, -0.1) is 0 Å². The van der Waals surface area contributed by atoms with E-state index in [2.05, 4.69) is 5.32 Å². The summed E-state index contributed by atoms with van der Waals surface area (Å²) in [6.45, 7) is 2.12. The zero-order valence-corrected chi connectivity index (χ0v) is 9.05. The predicted octanol–water partition coefficient (Wildman–Crippen LogP) is 1.57. The van der Waals surface area contributed by atoms with E-state index in [-0.39, 0.29) is 11.6 Å². The Bertz CT molecular complexity index is 305. The maximum absolute atomic E-state index is 13.0. The molecule has 0 aromatic heterocycles. The van der Waals surface area contributed by atoms with Crippen LogP contribution in [0.15, 0.2) is 18.2 Å². The maximum Gasteiger partial charge on any atom is 0.165 e. The van der Waals surface area contributed by atoms with Crippen LogP contribution in [-0.2, 0) is 11.3 Å². The average Bonchev–Trinajstić information content (AvgIpc) is 2.26. The van der Waals surface area contributed by atoms with Crippen LogP contribution in [0.1, 0.15) is 5.56 Å². The van der Waals surface area contributed by atoms with E-state index in [1.165, 1.54) is 13.2 Å². The standard InChI is InChI=1S/C11H16FNO2/c1-14-6-5-13-8-9-3-4-10(12)11(7-9)15-2/h3-4,7,13H,5-6,8H2,1-2H3. The average molecular weight is 213 g/mol. The fraction of sp³-hybridized carbons (Fsp3) is 0.455. The van der Waals surface area contributed by atoms with Gasteiger partial charge < -0.3 is 14.8 Å². The van der Waals surface area contributed by atoms with E-state index in [9.17, 15) is 4.39 Å². The molecule has 0 spiro atoms. The second-order valence-electron chi connectivity index (χ2n) is 3.14. The Balaban J connectivity index is 2.47. The lowest BCUT2D eigenvalue weighted by Crippen LogP contribution is -2.18. The first-order valence-corrected chi connectivity index (χ1v) is 4.80. The van der Waals surface area contributed by atoms with E-state index in [1.54, 1.807) is 19.2 Å². The van der Waals surface area contributed by atoms with Crippen molar-refractivity contribution in [1.29, 1.82) is 0 Å². The van der Waals surface area contributed by atoms with Gasteiger partial charge in [-0.05, 0) is 17.7 Å². The molecule has 0 saturated heterocycles. The van der Waals surface area contributed by atoms with Crippen molar-refractivity contribution < 1.29 is 13.9 Å². The Morgan fingerprint density at radius 1 is 1.33 bits per heavy atom. The van der Waals surface area contributed by atoms with Crippen LogP contribution in [0.3, 0.4) is 0 Å². The number of ether oxygens (including phenoxy) is 2. The Labute approximate surface area is 89.2 Å². The number of hydrogen-bond acceptors (Lipinski definition) is 3. The van der Waals surface area contributed by atoms with Crippen LogP contribution < -0.4 is 10.1 Å². The highest BCUT2D eigenvalue weighted by Gasteiger charge is 2.02. The van der Waals surface area contributed by atoms with Crippen LogP contribution in [0.2, 0.25) is 0 Å². The summed E-state index contributed by atoms with van der Waals surface area (Å²) in [4.78, 5) is 0. The molecule has 0 aliphatic rings. The minimum atomic E-state index is -0.335. The highest BCUT2D eigenvalue weighted by atomic mass is 19.1. The second kappa shape index (κ2) is 6.37. The molecule has 3 nitrogen and oxygen atoms in total. The molecule has 1 aromatic carbocycles. The molecular weight excluding hydrogens is 197 g/mol. The molecule has 1 N–H and O–H groups in total. The van der Waals surface area contributed by atoms with Gasteiger partial charge in [-0.2, -0.15) is 0 Å². The third kappa shape index (κ3) is 3.85. The van der Waals surface area contributed by atoms with Crippen molar-refractivity contribution in [2.45, 2.75) is 6.54 Å². The van der Waals surface area contributed by atoms with Gasteiger partial charge in [0.25, 0.3) is 0 Å². The van der Waals surface area contributed by atoms with E-state index < -0.39 is 0 Å². The molecule has 0 radical (unpaired) electrons. The monoisotopic (exact) mass is 213 g/mol. The molecule has 0 atom stereocenters. The molecule has 0 bridgehead atoms. The molecule has 0 saturated carbocycles. The number of methoxy groups -OCH3 is 2. The lowest BCUT2D eigenvalue weighted by molar-refractivity contribution is 0.199. The molecule has 0 aliphatic heterocycles. The van der Waals surface area contributed by atoms with Gasteiger partial charge in [0.15, 0.2) is 11.6 Å². The van der Waals surface area contributed by atoms with Crippen molar-refractivity contribution in [2.24, 2.45) is 0 Å². The largest absolute Gasteiger partial charge is 0.494 e. The summed E-state index contributed by atoms with van der Waals surface area (Å²) in [5, 5.41) is 3.17. The summed E-state index contributed by atoms with van der Waals surface area (Å²) < 4.78 is 22.8. The second-order valence-corrected chi connectivity index (χ2v) is 3.14. The van der Waals surface area contributed by atoms with Gasteiger partial charge in [0.05, 0.1) is 13.7 Å². The predicted molar refractivity (Wildman–Crippen MR) is 56.5 cm³/mol. The summed E-state index contributed by atoms with van der Waals surface area (Å²) in [5.41, 5.74) is 0.990. The van der Waals surface area contributed by atoms with Gasteiger partial charge in [0, 0.05) is 20.2 Å². The minimum Gasteiger partial charge on any atom is -0.494 e. The van der Waals surface area contributed by atoms with Crippen molar-refractivity contribution in [1.82, 2.24) is 5.32 Å². The lowest BCUT2D eigenvalue weighted by Gasteiger charge is -2.07. The van der Waals surface area contributed by atoms with Gasteiger partial charge in [0.2, 0.25) is 0 Å². The normalized spacial score (nSPS) is 10.3. The van der Waals surface area contributed by atoms with Crippen LogP contribution in [0.5, 0.6) is 5.75 Å². The highest BCUT2D eigenvalue weighted by Crippen LogP contribution is 2.17. The third-order valence-corrected chi connectivity index (χ3v) is 2.03. The summed E-state index contributed by atoms with van der Waals surface area (Å²) in [7, 11) is 3.11.